The van der Waals surface area contributed by atoms with Crippen molar-refractivity contribution in [3.05, 3.63) is 39.5 Å². The molecule has 0 saturated carbocycles. The third kappa shape index (κ3) is 2.76. The summed E-state index contributed by atoms with van der Waals surface area (Å²) in [6, 6.07) is 0.0517. The molecule has 2 aliphatic heterocycles. The van der Waals surface area contributed by atoms with Gasteiger partial charge >= 0.3 is 5.97 Å². The van der Waals surface area contributed by atoms with Crippen molar-refractivity contribution in [2.75, 3.05) is 13.1 Å². The number of nitrogens with one attached hydrogen (secondary N) is 1. The number of aliphatic carboxylic acids is 1. The molecule has 0 spiro atoms. The molecule has 0 radical (unpaired) electrons. The van der Waals surface area contributed by atoms with Crippen molar-refractivity contribution in [2.24, 2.45) is 5.73 Å². The zero-order valence-electron chi connectivity index (χ0n) is 13.2. The maximum atomic E-state index is 12.4. The Hall–Kier alpha value is -3.38. The summed E-state index contributed by atoms with van der Waals surface area (Å²) < 4.78 is 0.461. The molecule has 0 aliphatic carbocycles. The standard InChI is InChI=1S/C14H15N5O7/c15-8-4-17-3-7(11(14(24)25)19(17)13(8)23)12(22)16-2-6-1-9(20)10(21)5-18(6)26/h1,5,8,21,26H,2-4,15H2,(H,16,22)(H,24,25). The van der Waals surface area contributed by atoms with Crippen molar-refractivity contribution in [2.45, 2.75) is 12.6 Å². The zero-order chi connectivity index (χ0) is 19.2. The lowest BCUT2D eigenvalue weighted by molar-refractivity contribution is -0.143. The molecule has 12 nitrogen and oxygen atoms in total. The Balaban J connectivity index is 1.82. The number of nitrogens with zero attached hydrogens (tertiary/aromatic N) is 3. The largest absolute Gasteiger partial charge is 0.503 e. The fraction of sp³-hybridized carbons (Fsp3) is 0.286. The number of carbonyl (C=O) groups excluding carboxylic acids is 2. The minimum absolute atomic E-state index is 0.0319. The monoisotopic (exact) mass is 365 g/mol. The molecule has 26 heavy (non-hydrogen) atoms. The molecule has 6 N–H and O–H groups in total. The predicted octanol–water partition coefficient (Wildman–Crippen LogP) is -2.85. The van der Waals surface area contributed by atoms with E-state index < -0.39 is 40.7 Å². The number of carboxylic acids is 1. The van der Waals surface area contributed by atoms with E-state index in [1.54, 1.807) is 0 Å². The summed E-state index contributed by atoms with van der Waals surface area (Å²) >= 11 is 0. The Morgan fingerprint density at radius 2 is 2.04 bits per heavy atom. The van der Waals surface area contributed by atoms with E-state index >= 15 is 0 Å². The van der Waals surface area contributed by atoms with Crippen molar-refractivity contribution >= 4 is 17.8 Å². The average molecular weight is 365 g/mol. The highest BCUT2D eigenvalue weighted by Crippen LogP contribution is 2.28. The van der Waals surface area contributed by atoms with Crippen LogP contribution in [0.1, 0.15) is 5.69 Å². The average Bonchev–Trinajstić information content (AvgIpc) is 3.06. The number of hydrogen-bond donors (Lipinski definition) is 5. The maximum absolute atomic E-state index is 12.4. The summed E-state index contributed by atoms with van der Waals surface area (Å²) in [4.78, 5) is 47.3. The zero-order valence-corrected chi connectivity index (χ0v) is 13.2. The quantitative estimate of drug-likeness (QED) is 0.351. The number of amides is 2. The maximum Gasteiger partial charge on any atom is 0.354 e. The van der Waals surface area contributed by atoms with E-state index in [9.17, 15) is 34.6 Å². The van der Waals surface area contributed by atoms with Gasteiger partial charge in [0.1, 0.15) is 6.04 Å². The fourth-order valence-corrected chi connectivity index (χ4v) is 2.82. The Morgan fingerprint density at radius 3 is 2.69 bits per heavy atom. The minimum Gasteiger partial charge on any atom is -0.503 e. The van der Waals surface area contributed by atoms with E-state index in [4.69, 9.17) is 5.73 Å². The van der Waals surface area contributed by atoms with Crippen LogP contribution in [-0.4, -0.2) is 67.1 Å². The Kier molecular flexibility index (Phi) is 4.13. The number of carbonyl (C=O) groups is 3. The number of nitrogens with two attached hydrogens (primary N) is 1. The Bertz CT molecular complexity index is 905. The van der Waals surface area contributed by atoms with E-state index in [0.29, 0.717) is 4.73 Å². The van der Waals surface area contributed by atoms with Crippen molar-refractivity contribution in [3.63, 3.8) is 0 Å². The fourth-order valence-electron chi connectivity index (χ4n) is 2.82. The number of rotatable bonds is 4. The number of fused-ring (bicyclic) bond motifs is 1. The molecule has 1 saturated heterocycles. The molecule has 3 heterocycles. The van der Waals surface area contributed by atoms with E-state index in [-0.39, 0.29) is 30.9 Å². The molecule has 1 aromatic heterocycles. The summed E-state index contributed by atoms with van der Waals surface area (Å²) in [5, 5.41) is 32.8. The number of hydrazine groups is 1. The van der Waals surface area contributed by atoms with E-state index in [2.05, 4.69) is 5.32 Å². The molecule has 0 bridgehead atoms. The second-order valence-electron chi connectivity index (χ2n) is 5.78. The lowest BCUT2D eigenvalue weighted by Crippen LogP contribution is -2.37. The molecule has 0 aromatic carbocycles. The van der Waals surface area contributed by atoms with Crippen LogP contribution in [0, 0.1) is 0 Å². The molecule has 1 fully saturated rings. The van der Waals surface area contributed by atoms with E-state index in [1.807, 2.05) is 0 Å². The number of aromatic nitrogens is 1. The van der Waals surface area contributed by atoms with Crippen LogP contribution in [-0.2, 0) is 20.9 Å². The first kappa shape index (κ1) is 17.4. The first-order chi connectivity index (χ1) is 12.2. The van der Waals surface area contributed by atoms with Gasteiger partial charge in [-0.3, -0.25) is 14.4 Å². The van der Waals surface area contributed by atoms with Crippen LogP contribution >= 0.6 is 0 Å². The van der Waals surface area contributed by atoms with Gasteiger partial charge in [-0.1, -0.05) is 0 Å². The molecule has 2 aliphatic rings. The molecule has 12 heteroatoms. The smallest absolute Gasteiger partial charge is 0.354 e. The Morgan fingerprint density at radius 1 is 1.35 bits per heavy atom. The normalized spacial score (nSPS) is 19.8. The second kappa shape index (κ2) is 6.16. The van der Waals surface area contributed by atoms with Gasteiger partial charge in [-0.25, -0.2) is 14.8 Å². The number of pyridine rings is 1. The summed E-state index contributed by atoms with van der Waals surface area (Å²) in [5.41, 5.74) is 4.19. The molecular formula is C14H15N5O7. The van der Waals surface area contributed by atoms with Crippen molar-refractivity contribution in [1.29, 1.82) is 0 Å². The van der Waals surface area contributed by atoms with Crippen LogP contribution in [0.4, 0.5) is 0 Å². The first-order valence-electron chi connectivity index (χ1n) is 7.43. The van der Waals surface area contributed by atoms with Gasteiger partial charge in [-0.05, 0) is 0 Å². The molecule has 1 atom stereocenters. The third-order valence-corrected chi connectivity index (χ3v) is 4.05. The van der Waals surface area contributed by atoms with Gasteiger partial charge < -0.3 is 26.5 Å². The van der Waals surface area contributed by atoms with Gasteiger partial charge in [0.25, 0.3) is 11.8 Å². The van der Waals surface area contributed by atoms with Gasteiger partial charge in [-0.15, -0.1) is 0 Å². The highest BCUT2D eigenvalue weighted by Gasteiger charge is 2.47. The summed E-state index contributed by atoms with van der Waals surface area (Å²) in [6.07, 6.45) is 0.767. The van der Waals surface area contributed by atoms with Gasteiger partial charge in [0, 0.05) is 12.6 Å². The lowest BCUT2D eigenvalue weighted by Gasteiger charge is -2.19. The summed E-state index contributed by atoms with van der Waals surface area (Å²) in [5.74, 6) is -3.52. The number of aromatic hydroxyl groups is 1. The highest BCUT2D eigenvalue weighted by atomic mass is 16.5. The van der Waals surface area contributed by atoms with Gasteiger partial charge in [0.05, 0.1) is 30.6 Å². The molecular weight excluding hydrogens is 350 g/mol. The third-order valence-electron chi connectivity index (χ3n) is 4.05. The highest BCUT2D eigenvalue weighted by molar-refractivity contribution is 6.06. The van der Waals surface area contributed by atoms with Gasteiger partial charge in [0.2, 0.25) is 5.43 Å². The SMILES string of the molecule is NC1CN2CC(C(=O)NCc3cc(=O)c(O)cn3O)=C(C(=O)O)N2C1=O. The van der Waals surface area contributed by atoms with Crippen LogP contribution in [0.25, 0.3) is 0 Å². The first-order valence-corrected chi connectivity index (χ1v) is 7.43. The topological polar surface area (TPSA) is 178 Å². The number of hydrogen-bond acceptors (Lipinski definition) is 8. The summed E-state index contributed by atoms with van der Waals surface area (Å²) in [6.45, 7) is -0.344. The number of carboxylic acid groups (broad SMARTS) is 1. The molecule has 1 unspecified atom stereocenters. The summed E-state index contributed by atoms with van der Waals surface area (Å²) in [7, 11) is 0. The van der Waals surface area contributed by atoms with E-state index in [0.717, 1.165) is 17.3 Å². The molecule has 138 valence electrons. The van der Waals surface area contributed by atoms with Crippen LogP contribution in [0.2, 0.25) is 0 Å². The molecule has 3 rings (SSSR count). The second-order valence-corrected chi connectivity index (χ2v) is 5.78. The van der Waals surface area contributed by atoms with Crippen molar-refractivity contribution in [3.8, 4) is 5.75 Å². The van der Waals surface area contributed by atoms with Crippen molar-refractivity contribution in [1.82, 2.24) is 20.1 Å². The Labute approximate surface area is 145 Å². The van der Waals surface area contributed by atoms with Crippen LogP contribution in [0.5, 0.6) is 5.75 Å². The van der Waals surface area contributed by atoms with Crippen molar-refractivity contribution < 1.29 is 29.8 Å². The molecule has 1 aromatic rings. The van der Waals surface area contributed by atoms with Crippen LogP contribution in [0.3, 0.4) is 0 Å². The van der Waals surface area contributed by atoms with Gasteiger partial charge in [-0.2, -0.15) is 4.73 Å². The molecule has 2 amide bonds. The predicted molar refractivity (Wildman–Crippen MR) is 82.5 cm³/mol. The van der Waals surface area contributed by atoms with E-state index in [1.165, 1.54) is 5.01 Å². The van der Waals surface area contributed by atoms with Gasteiger partial charge in [0.15, 0.2) is 11.4 Å². The lowest BCUT2D eigenvalue weighted by atomic mass is 10.1. The minimum atomic E-state index is -1.45. The van der Waals surface area contributed by atoms with Crippen LogP contribution < -0.4 is 16.5 Å². The van der Waals surface area contributed by atoms with Crippen LogP contribution in [0.15, 0.2) is 28.3 Å².